The van der Waals surface area contributed by atoms with Gasteiger partial charge in [-0.1, -0.05) is 0 Å². The Bertz CT molecular complexity index is 372. The number of carboxylic acid groups (broad SMARTS) is 1. The van der Waals surface area contributed by atoms with Gasteiger partial charge in [-0.15, -0.1) is 0 Å². The molecule has 0 aliphatic rings. The smallest absolute Gasteiger partial charge is 0.354 e. The Balaban J connectivity index is 2.73. The molecule has 0 saturated heterocycles. The summed E-state index contributed by atoms with van der Waals surface area (Å²) < 4.78 is 0. The first-order valence-corrected chi connectivity index (χ1v) is 4.25. The number of hydrogen-bond acceptors (Lipinski definition) is 4. The monoisotopic (exact) mass is 213 g/mol. The Morgan fingerprint density at radius 2 is 2.33 bits per heavy atom. The molecule has 15 heavy (non-hydrogen) atoms. The number of aliphatic hydroxyl groups excluding tert-OH is 1. The molecule has 7 nitrogen and oxygen atoms in total. The molecule has 1 atom stereocenters. The highest BCUT2D eigenvalue weighted by atomic mass is 16.4. The first-order valence-electron chi connectivity index (χ1n) is 4.25. The van der Waals surface area contributed by atoms with Gasteiger partial charge in [0.2, 0.25) is 0 Å². The third kappa shape index (κ3) is 2.78. The summed E-state index contributed by atoms with van der Waals surface area (Å²) >= 11 is 0. The maximum atomic E-state index is 11.4. The molecule has 82 valence electrons. The zero-order valence-corrected chi connectivity index (χ0v) is 8.02. The Hall–Kier alpha value is -1.89. The summed E-state index contributed by atoms with van der Waals surface area (Å²) in [5.74, 6) is -1.88. The second-order valence-electron chi connectivity index (χ2n) is 2.99. The number of aromatic amines is 1. The van der Waals surface area contributed by atoms with E-state index in [0.29, 0.717) is 0 Å². The maximum absolute atomic E-state index is 11.4. The summed E-state index contributed by atoms with van der Waals surface area (Å²) in [6.45, 7) is 1.55. The van der Waals surface area contributed by atoms with Gasteiger partial charge < -0.3 is 20.5 Å². The van der Waals surface area contributed by atoms with Crippen LogP contribution in [0.1, 0.15) is 27.9 Å². The van der Waals surface area contributed by atoms with Gasteiger partial charge in [0.1, 0.15) is 0 Å². The van der Waals surface area contributed by atoms with Crippen LogP contribution in [-0.4, -0.2) is 44.7 Å². The van der Waals surface area contributed by atoms with Gasteiger partial charge in [-0.05, 0) is 6.92 Å². The molecule has 1 rings (SSSR count). The number of H-pyrrole nitrogens is 1. The quantitative estimate of drug-likeness (QED) is 0.523. The molecule has 4 N–H and O–H groups in total. The number of imidazole rings is 1. The predicted molar refractivity (Wildman–Crippen MR) is 49.6 cm³/mol. The second-order valence-corrected chi connectivity index (χ2v) is 2.99. The van der Waals surface area contributed by atoms with E-state index in [4.69, 9.17) is 10.2 Å². The fourth-order valence-corrected chi connectivity index (χ4v) is 0.954. The number of hydrogen-bond donors (Lipinski definition) is 4. The summed E-state index contributed by atoms with van der Waals surface area (Å²) in [4.78, 5) is 27.9. The molecule has 0 radical (unpaired) electrons. The lowest BCUT2D eigenvalue weighted by atomic mass is 10.3. The summed E-state index contributed by atoms with van der Waals surface area (Å²) in [7, 11) is 0. The van der Waals surface area contributed by atoms with Crippen LogP contribution < -0.4 is 5.32 Å². The minimum absolute atomic E-state index is 0.0464. The van der Waals surface area contributed by atoms with Gasteiger partial charge in [0.25, 0.3) is 5.91 Å². The number of aromatic carboxylic acids is 1. The van der Waals surface area contributed by atoms with E-state index >= 15 is 0 Å². The van der Waals surface area contributed by atoms with Crippen molar-refractivity contribution >= 4 is 11.9 Å². The Labute approximate surface area is 85.1 Å². The van der Waals surface area contributed by atoms with Crippen molar-refractivity contribution in [3.63, 3.8) is 0 Å². The molecular formula is C8H11N3O4. The van der Waals surface area contributed by atoms with Gasteiger partial charge in [-0.2, -0.15) is 0 Å². The Kier molecular flexibility index (Phi) is 3.40. The van der Waals surface area contributed by atoms with Crippen LogP contribution in [0.3, 0.4) is 0 Å². The van der Waals surface area contributed by atoms with Crippen molar-refractivity contribution in [1.82, 2.24) is 15.3 Å². The van der Waals surface area contributed by atoms with Crippen LogP contribution in [-0.2, 0) is 0 Å². The van der Waals surface area contributed by atoms with E-state index in [1.165, 1.54) is 6.92 Å². The van der Waals surface area contributed by atoms with Crippen LogP contribution in [0.5, 0.6) is 0 Å². The zero-order valence-electron chi connectivity index (χ0n) is 8.02. The molecule has 1 unspecified atom stereocenters. The van der Waals surface area contributed by atoms with Crippen LogP contribution in [0.4, 0.5) is 0 Å². The van der Waals surface area contributed by atoms with E-state index < -0.39 is 18.0 Å². The number of carboxylic acids is 1. The molecule has 0 aliphatic carbocycles. The van der Waals surface area contributed by atoms with E-state index in [1.54, 1.807) is 0 Å². The minimum Gasteiger partial charge on any atom is -0.477 e. The van der Waals surface area contributed by atoms with E-state index in [0.717, 1.165) is 6.33 Å². The number of nitrogens with zero attached hydrogens (tertiary/aromatic N) is 1. The Morgan fingerprint density at radius 1 is 1.67 bits per heavy atom. The maximum Gasteiger partial charge on any atom is 0.354 e. The molecule has 0 saturated carbocycles. The molecule has 1 amide bonds. The first-order chi connectivity index (χ1) is 7.02. The summed E-state index contributed by atoms with van der Waals surface area (Å²) in [6, 6.07) is 0. The second kappa shape index (κ2) is 4.56. The first kappa shape index (κ1) is 11.2. The summed E-state index contributed by atoms with van der Waals surface area (Å²) in [5, 5.41) is 19.9. The normalized spacial score (nSPS) is 12.1. The molecule has 0 aliphatic heterocycles. The van der Waals surface area contributed by atoms with Crippen molar-refractivity contribution < 1.29 is 19.8 Å². The number of amides is 1. The number of rotatable bonds is 4. The molecule has 0 fully saturated rings. The molecule has 0 spiro atoms. The molecule has 0 bridgehead atoms. The van der Waals surface area contributed by atoms with E-state index in [1.807, 2.05) is 0 Å². The highest BCUT2D eigenvalue weighted by molar-refractivity contribution is 6.02. The van der Waals surface area contributed by atoms with Gasteiger partial charge in [0.15, 0.2) is 11.4 Å². The van der Waals surface area contributed by atoms with Crippen molar-refractivity contribution in [1.29, 1.82) is 0 Å². The van der Waals surface area contributed by atoms with Gasteiger partial charge in [0.05, 0.1) is 12.4 Å². The summed E-state index contributed by atoms with van der Waals surface area (Å²) in [6.07, 6.45) is 0.432. The highest BCUT2D eigenvalue weighted by Gasteiger charge is 2.19. The number of carbonyl (C=O) groups excluding carboxylic acids is 1. The van der Waals surface area contributed by atoms with Crippen molar-refractivity contribution in [3.05, 3.63) is 17.7 Å². The van der Waals surface area contributed by atoms with Crippen LogP contribution >= 0.6 is 0 Å². The lowest BCUT2D eigenvalue weighted by Crippen LogP contribution is -2.31. The predicted octanol–water partition coefficient (Wildman–Crippen LogP) is -0.782. The molecular weight excluding hydrogens is 202 g/mol. The lowest BCUT2D eigenvalue weighted by Gasteiger charge is -2.05. The van der Waals surface area contributed by atoms with E-state index in [9.17, 15) is 9.59 Å². The molecule has 0 aromatic carbocycles. The number of nitrogens with one attached hydrogen (secondary N) is 2. The lowest BCUT2D eigenvalue weighted by molar-refractivity contribution is 0.0684. The number of aromatic nitrogens is 2. The standard InChI is InChI=1S/C8H11N3O4/c1-4(12)2-9-7(13)5-6(8(14)15)11-3-10-5/h3-4,12H,2H2,1H3,(H,9,13)(H,10,11)(H,14,15). The van der Waals surface area contributed by atoms with Crippen LogP contribution in [0.15, 0.2) is 6.33 Å². The molecule has 1 aromatic heterocycles. The topological polar surface area (TPSA) is 115 Å². The fraction of sp³-hybridized carbons (Fsp3) is 0.375. The van der Waals surface area contributed by atoms with Gasteiger partial charge >= 0.3 is 5.97 Å². The number of aliphatic hydroxyl groups is 1. The van der Waals surface area contributed by atoms with Crippen LogP contribution in [0.25, 0.3) is 0 Å². The minimum atomic E-state index is -1.25. The fourth-order valence-electron chi connectivity index (χ4n) is 0.954. The Morgan fingerprint density at radius 3 is 2.87 bits per heavy atom. The zero-order chi connectivity index (χ0) is 11.4. The average molecular weight is 213 g/mol. The van der Waals surface area contributed by atoms with E-state index in [2.05, 4.69) is 15.3 Å². The summed E-state index contributed by atoms with van der Waals surface area (Å²) in [5.41, 5.74) is -0.457. The van der Waals surface area contributed by atoms with Gasteiger partial charge in [-0.25, -0.2) is 9.78 Å². The van der Waals surface area contributed by atoms with Crippen LogP contribution in [0.2, 0.25) is 0 Å². The molecule has 7 heteroatoms. The van der Waals surface area contributed by atoms with E-state index in [-0.39, 0.29) is 17.9 Å². The SMILES string of the molecule is CC(O)CNC(=O)c1nc[nH]c1C(=O)O. The average Bonchev–Trinajstić information content (AvgIpc) is 2.62. The highest BCUT2D eigenvalue weighted by Crippen LogP contribution is 2.02. The van der Waals surface area contributed by atoms with Crippen molar-refractivity contribution in [3.8, 4) is 0 Å². The van der Waals surface area contributed by atoms with Crippen molar-refractivity contribution in [2.24, 2.45) is 0 Å². The molecule has 1 aromatic rings. The van der Waals surface area contributed by atoms with Crippen molar-refractivity contribution in [2.75, 3.05) is 6.54 Å². The van der Waals surface area contributed by atoms with Crippen LogP contribution in [0, 0.1) is 0 Å². The van der Waals surface area contributed by atoms with Gasteiger partial charge in [-0.3, -0.25) is 4.79 Å². The third-order valence-electron chi connectivity index (χ3n) is 1.63. The third-order valence-corrected chi connectivity index (χ3v) is 1.63. The van der Waals surface area contributed by atoms with Crippen molar-refractivity contribution in [2.45, 2.75) is 13.0 Å². The van der Waals surface area contributed by atoms with Gasteiger partial charge in [0, 0.05) is 6.54 Å². The largest absolute Gasteiger partial charge is 0.477 e. The molecule has 1 heterocycles. The number of carbonyl (C=O) groups is 2.